The van der Waals surface area contributed by atoms with Crippen molar-refractivity contribution in [3.05, 3.63) is 41.4 Å². The molecule has 9 heteroatoms. The molecular weight excluding hydrogens is 370 g/mol. The number of carbonyl (C=O) groups excluding carboxylic acids is 1. The summed E-state index contributed by atoms with van der Waals surface area (Å²) in [5.74, 6) is 2.51. The Bertz CT molecular complexity index is 1040. The molecule has 29 heavy (non-hydrogen) atoms. The highest BCUT2D eigenvalue weighted by Crippen LogP contribution is 2.23. The van der Waals surface area contributed by atoms with Crippen molar-refractivity contribution < 1.29 is 9.21 Å². The van der Waals surface area contributed by atoms with Gasteiger partial charge in [0.15, 0.2) is 17.4 Å². The minimum atomic E-state index is -0.140. The maximum Gasteiger partial charge on any atom is 0.239 e. The summed E-state index contributed by atoms with van der Waals surface area (Å²) in [5, 5.41) is 7.37. The summed E-state index contributed by atoms with van der Waals surface area (Å²) in [6.45, 7) is 7.57. The molecule has 3 N–H and O–H groups in total. The van der Waals surface area contributed by atoms with Gasteiger partial charge in [-0.2, -0.15) is 5.10 Å². The highest BCUT2D eigenvalue weighted by atomic mass is 16.3. The number of furan rings is 1. The van der Waals surface area contributed by atoms with Gasteiger partial charge in [-0.05, 0) is 45.4 Å². The van der Waals surface area contributed by atoms with E-state index in [-0.39, 0.29) is 18.5 Å². The number of carbonyl (C=O) groups is 1. The van der Waals surface area contributed by atoms with Crippen LogP contribution in [0.5, 0.6) is 0 Å². The Morgan fingerprint density at radius 2 is 2.10 bits per heavy atom. The number of nitrogens with one attached hydrogen (secondary N) is 1. The molecule has 0 aromatic carbocycles. The van der Waals surface area contributed by atoms with Gasteiger partial charge in [0.2, 0.25) is 5.91 Å². The highest BCUT2D eigenvalue weighted by Gasteiger charge is 2.22. The van der Waals surface area contributed by atoms with Crippen LogP contribution in [0.4, 0.5) is 5.82 Å². The van der Waals surface area contributed by atoms with Gasteiger partial charge in [-0.3, -0.25) is 9.69 Å². The topological polar surface area (TPSA) is 115 Å². The molecule has 152 valence electrons. The third-order valence-electron chi connectivity index (χ3n) is 4.84. The van der Waals surface area contributed by atoms with E-state index in [0.29, 0.717) is 23.2 Å². The summed E-state index contributed by atoms with van der Waals surface area (Å²) in [6, 6.07) is 7.48. The van der Waals surface area contributed by atoms with Crippen molar-refractivity contribution in [1.29, 1.82) is 0 Å². The van der Waals surface area contributed by atoms with Crippen LogP contribution in [0.2, 0.25) is 0 Å². The van der Waals surface area contributed by atoms with E-state index in [2.05, 4.69) is 20.4 Å². The van der Waals surface area contributed by atoms with Crippen LogP contribution in [0.3, 0.4) is 0 Å². The molecule has 1 aliphatic rings. The van der Waals surface area contributed by atoms with Crippen molar-refractivity contribution in [2.75, 3.05) is 25.0 Å². The Balaban J connectivity index is 1.64. The molecule has 0 unspecified atom stereocenters. The van der Waals surface area contributed by atoms with E-state index < -0.39 is 0 Å². The molecule has 0 spiro atoms. The second kappa shape index (κ2) is 7.76. The standard InChI is InChI=1S/C20H25N7O2/c1-12-8-13(2)27(25-12)18-9-17(22-19(28)11-26-7-6-15(21)10-26)23-20(24-18)16-5-4-14(3)29-16/h4-5,8-9,15H,6-7,10-11,21H2,1-3H3,(H,22,23,24,28)/t15-/m1/s1. The predicted molar refractivity (Wildman–Crippen MR) is 109 cm³/mol. The predicted octanol–water partition coefficient (Wildman–Crippen LogP) is 1.82. The van der Waals surface area contributed by atoms with Gasteiger partial charge in [0.05, 0.1) is 12.2 Å². The molecule has 0 radical (unpaired) electrons. The molecule has 1 aliphatic heterocycles. The summed E-state index contributed by atoms with van der Waals surface area (Å²) >= 11 is 0. The van der Waals surface area contributed by atoms with E-state index in [9.17, 15) is 4.79 Å². The monoisotopic (exact) mass is 395 g/mol. The van der Waals surface area contributed by atoms with E-state index in [0.717, 1.165) is 36.7 Å². The van der Waals surface area contributed by atoms with Crippen molar-refractivity contribution in [3.63, 3.8) is 0 Å². The number of likely N-dealkylation sites (tertiary alicyclic amines) is 1. The molecule has 9 nitrogen and oxygen atoms in total. The number of amides is 1. The van der Waals surface area contributed by atoms with Crippen LogP contribution < -0.4 is 11.1 Å². The largest absolute Gasteiger partial charge is 0.458 e. The van der Waals surface area contributed by atoms with Gasteiger partial charge in [-0.25, -0.2) is 14.6 Å². The van der Waals surface area contributed by atoms with E-state index in [1.165, 1.54) is 0 Å². The Hall–Kier alpha value is -3.04. The highest BCUT2D eigenvalue weighted by molar-refractivity contribution is 5.91. The van der Waals surface area contributed by atoms with E-state index in [1.807, 2.05) is 43.9 Å². The Kier molecular flexibility index (Phi) is 5.16. The first-order valence-corrected chi connectivity index (χ1v) is 9.65. The van der Waals surface area contributed by atoms with Gasteiger partial charge < -0.3 is 15.5 Å². The zero-order valence-electron chi connectivity index (χ0n) is 16.8. The fourth-order valence-electron chi connectivity index (χ4n) is 3.52. The SMILES string of the molecule is Cc1cc(C)n(-c2cc(NC(=O)CN3CC[C@@H](N)C3)nc(-c3ccc(C)o3)n2)n1. The third-order valence-corrected chi connectivity index (χ3v) is 4.84. The lowest BCUT2D eigenvalue weighted by Gasteiger charge is -2.15. The molecule has 3 aromatic rings. The number of hydrogen-bond acceptors (Lipinski definition) is 7. The van der Waals surface area contributed by atoms with Gasteiger partial charge in [0.25, 0.3) is 0 Å². The van der Waals surface area contributed by atoms with Gasteiger partial charge in [-0.1, -0.05) is 0 Å². The Morgan fingerprint density at radius 3 is 2.72 bits per heavy atom. The van der Waals surface area contributed by atoms with Crippen LogP contribution in [0.25, 0.3) is 17.4 Å². The number of rotatable bonds is 5. The molecule has 1 fully saturated rings. The number of anilines is 1. The van der Waals surface area contributed by atoms with Crippen molar-refractivity contribution in [1.82, 2.24) is 24.6 Å². The minimum absolute atomic E-state index is 0.133. The Morgan fingerprint density at radius 1 is 1.28 bits per heavy atom. The van der Waals surface area contributed by atoms with E-state index in [1.54, 1.807) is 10.7 Å². The van der Waals surface area contributed by atoms with Crippen LogP contribution in [-0.4, -0.2) is 56.2 Å². The molecule has 1 atom stereocenters. The van der Waals surface area contributed by atoms with Gasteiger partial charge in [0, 0.05) is 30.9 Å². The smallest absolute Gasteiger partial charge is 0.239 e. The number of hydrogen-bond donors (Lipinski definition) is 2. The average Bonchev–Trinajstić information content (AvgIpc) is 3.35. The molecule has 0 bridgehead atoms. The van der Waals surface area contributed by atoms with Crippen molar-refractivity contribution in [3.8, 4) is 17.4 Å². The summed E-state index contributed by atoms with van der Waals surface area (Å²) < 4.78 is 7.41. The van der Waals surface area contributed by atoms with Crippen LogP contribution in [-0.2, 0) is 4.79 Å². The van der Waals surface area contributed by atoms with Crippen LogP contribution in [0, 0.1) is 20.8 Å². The normalized spacial score (nSPS) is 17.0. The first-order chi connectivity index (χ1) is 13.9. The molecular formula is C20H25N7O2. The lowest BCUT2D eigenvalue weighted by Crippen LogP contribution is -2.33. The van der Waals surface area contributed by atoms with Crippen molar-refractivity contribution >= 4 is 11.7 Å². The summed E-state index contributed by atoms with van der Waals surface area (Å²) in [7, 11) is 0. The first-order valence-electron chi connectivity index (χ1n) is 9.65. The van der Waals surface area contributed by atoms with Crippen molar-refractivity contribution in [2.24, 2.45) is 5.73 Å². The number of nitrogens with zero attached hydrogens (tertiary/aromatic N) is 5. The summed E-state index contributed by atoms with van der Waals surface area (Å²) in [6.07, 6.45) is 0.908. The second-order valence-electron chi connectivity index (χ2n) is 7.52. The number of aryl methyl sites for hydroxylation is 3. The Labute approximate surface area is 168 Å². The van der Waals surface area contributed by atoms with Gasteiger partial charge >= 0.3 is 0 Å². The molecule has 1 saturated heterocycles. The first kappa shape index (κ1) is 19.3. The van der Waals surface area contributed by atoms with Crippen LogP contribution in [0.1, 0.15) is 23.6 Å². The van der Waals surface area contributed by atoms with Gasteiger partial charge in [-0.15, -0.1) is 0 Å². The van der Waals surface area contributed by atoms with Crippen molar-refractivity contribution in [2.45, 2.75) is 33.2 Å². The molecule has 1 amide bonds. The fourth-order valence-corrected chi connectivity index (χ4v) is 3.52. The van der Waals surface area contributed by atoms with Crippen LogP contribution >= 0.6 is 0 Å². The zero-order chi connectivity index (χ0) is 20.5. The average molecular weight is 395 g/mol. The van der Waals surface area contributed by atoms with E-state index in [4.69, 9.17) is 10.2 Å². The van der Waals surface area contributed by atoms with Crippen LogP contribution in [0.15, 0.2) is 28.7 Å². The lowest BCUT2D eigenvalue weighted by atomic mass is 10.3. The molecule has 4 heterocycles. The van der Waals surface area contributed by atoms with Gasteiger partial charge in [0.1, 0.15) is 11.6 Å². The summed E-state index contributed by atoms with van der Waals surface area (Å²) in [5.41, 5.74) is 7.74. The quantitative estimate of drug-likeness (QED) is 0.677. The third kappa shape index (κ3) is 4.36. The second-order valence-corrected chi connectivity index (χ2v) is 7.52. The number of nitrogens with two attached hydrogens (primary N) is 1. The number of aromatic nitrogens is 4. The molecule has 4 rings (SSSR count). The van der Waals surface area contributed by atoms with E-state index >= 15 is 0 Å². The zero-order valence-corrected chi connectivity index (χ0v) is 16.8. The minimum Gasteiger partial charge on any atom is -0.458 e. The maximum absolute atomic E-state index is 12.5. The lowest BCUT2D eigenvalue weighted by molar-refractivity contribution is -0.117. The fraction of sp³-hybridized carbons (Fsp3) is 0.400. The molecule has 0 aliphatic carbocycles. The maximum atomic E-state index is 12.5. The molecule has 3 aromatic heterocycles. The molecule has 0 saturated carbocycles. The summed E-state index contributed by atoms with van der Waals surface area (Å²) in [4.78, 5) is 23.7.